The molecule has 2 nitrogen and oxygen atoms in total. The third-order valence-electron chi connectivity index (χ3n) is 4.52. The lowest BCUT2D eigenvalue weighted by Gasteiger charge is -2.34. The standard InChI is InChI=1S/C13H26N2.C2H6/c1-3-11-8-9-15(10-11)13-6-4-12(14-2)5-7-13;1-2/h11-14H,3-10H2,1-2H3;1-2H3. The van der Waals surface area contributed by atoms with E-state index < -0.39 is 0 Å². The van der Waals surface area contributed by atoms with Gasteiger partial charge in [0.15, 0.2) is 0 Å². The van der Waals surface area contributed by atoms with Crippen LogP contribution in [0.4, 0.5) is 0 Å². The van der Waals surface area contributed by atoms with Gasteiger partial charge in [-0.2, -0.15) is 0 Å². The molecule has 0 radical (unpaired) electrons. The first-order valence-corrected chi connectivity index (χ1v) is 7.74. The van der Waals surface area contributed by atoms with E-state index in [2.05, 4.69) is 24.2 Å². The molecule has 1 saturated carbocycles. The van der Waals surface area contributed by atoms with E-state index in [9.17, 15) is 0 Å². The summed E-state index contributed by atoms with van der Waals surface area (Å²) in [5, 5.41) is 3.42. The van der Waals surface area contributed by atoms with Crippen LogP contribution in [0.5, 0.6) is 0 Å². The molecule has 2 aliphatic rings. The van der Waals surface area contributed by atoms with Crippen molar-refractivity contribution in [2.45, 2.75) is 71.4 Å². The summed E-state index contributed by atoms with van der Waals surface area (Å²) >= 11 is 0. The molecule has 0 aromatic rings. The third-order valence-corrected chi connectivity index (χ3v) is 4.52. The molecule has 1 heterocycles. The molecule has 0 aromatic carbocycles. The van der Waals surface area contributed by atoms with Crippen molar-refractivity contribution in [1.82, 2.24) is 10.2 Å². The van der Waals surface area contributed by atoms with E-state index in [1.807, 2.05) is 13.8 Å². The Kier molecular flexibility index (Phi) is 7.14. The Labute approximate surface area is 108 Å². The van der Waals surface area contributed by atoms with Crippen LogP contribution in [0.25, 0.3) is 0 Å². The maximum Gasteiger partial charge on any atom is 0.00965 e. The Balaban J connectivity index is 0.000000686. The van der Waals surface area contributed by atoms with E-state index in [1.54, 1.807) is 0 Å². The van der Waals surface area contributed by atoms with Gasteiger partial charge in [0.1, 0.15) is 0 Å². The molecule has 17 heavy (non-hydrogen) atoms. The molecule has 1 N–H and O–H groups in total. The molecule has 1 unspecified atom stereocenters. The molecule has 1 aliphatic carbocycles. The Bertz CT molecular complexity index is 185. The molecule has 2 heteroatoms. The van der Waals surface area contributed by atoms with Crippen LogP contribution >= 0.6 is 0 Å². The highest BCUT2D eigenvalue weighted by atomic mass is 15.2. The van der Waals surface area contributed by atoms with Crippen molar-refractivity contribution in [2.24, 2.45) is 5.92 Å². The van der Waals surface area contributed by atoms with Gasteiger partial charge in [0, 0.05) is 18.6 Å². The second-order valence-electron chi connectivity index (χ2n) is 5.35. The van der Waals surface area contributed by atoms with Gasteiger partial charge in [-0.25, -0.2) is 0 Å². The van der Waals surface area contributed by atoms with Gasteiger partial charge in [-0.05, 0) is 51.6 Å². The average molecular weight is 240 g/mol. The quantitative estimate of drug-likeness (QED) is 0.814. The molecular weight excluding hydrogens is 208 g/mol. The smallest absolute Gasteiger partial charge is 0.00965 e. The van der Waals surface area contributed by atoms with Crippen LogP contribution < -0.4 is 5.32 Å². The maximum absolute atomic E-state index is 3.42. The fourth-order valence-electron chi connectivity index (χ4n) is 3.26. The lowest BCUT2D eigenvalue weighted by Crippen LogP contribution is -2.40. The zero-order chi connectivity index (χ0) is 12.7. The topological polar surface area (TPSA) is 15.3 Å². The largest absolute Gasteiger partial charge is 0.317 e. The Hall–Kier alpha value is -0.0800. The van der Waals surface area contributed by atoms with Gasteiger partial charge in [0.2, 0.25) is 0 Å². The minimum Gasteiger partial charge on any atom is -0.317 e. The predicted octanol–water partition coefficient (Wildman–Crippen LogP) is 3.28. The number of hydrogen-bond donors (Lipinski definition) is 1. The van der Waals surface area contributed by atoms with E-state index in [-0.39, 0.29) is 0 Å². The molecular formula is C15H32N2. The molecule has 1 saturated heterocycles. The molecule has 0 aromatic heterocycles. The van der Waals surface area contributed by atoms with Crippen molar-refractivity contribution in [3.63, 3.8) is 0 Å². The van der Waals surface area contributed by atoms with E-state index >= 15 is 0 Å². The maximum atomic E-state index is 3.42. The summed E-state index contributed by atoms with van der Waals surface area (Å²) < 4.78 is 0. The Morgan fingerprint density at radius 1 is 1.06 bits per heavy atom. The molecule has 1 atom stereocenters. The van der Waals surface area contributed by atoms with Crippen LogP contribution in [0, 0.1) is 5.92 Å². The number of nitrogens with one attached hydrogen (secondary N) is 1. The first-order chi connectivity index (χ1) is 8.33. The predicted molar refractivity (Wildman–Crippen MR) is 76.4 cm³/mol. The van der Waals surface area contributed by atoms with Gasteiger partial charge in [-0.1, -0.05) is 27.2 Å². The molecule has 102 valence electrons. The minimum atomic E-state index is 0.797. The van der Waals surface area contributed by atoms with Crippen molar-refractivity contribution < 1.29 is 0 Å². The van der Waals surface area contributed by atoms with Crippen molar-refractivity contribution in [3.05, 3.63) is 0 Å². The molecule has 1 aliphatic heterocycles. The summed E-state index contributed by atoms with van der Waals surface area (Å²) in [4.78, 5) is 2.76. The van der Waals surface area contributed by atoms with Crippen LogP contribution in [0.3, 0.4) is 0 Å². The number of likely N-dealkylation sites (tertiary alicyclic amines) is 1. The first kappa shape index (κ1) is 15.0. The summed E-state index contributed by atoms with van der Waals surface area (Å²) in [6.45, 7) is 9.09. The minimum absolute atomic E-state index is 0.797. The Morgan fingerprint density at radius 2 is 1.71 bits per heavy atom. The molecule has 2 fully saturated rings. The van der Waals surface area contributed by atoms with E-state index in [0.717, 1.165) is 18.0 Å². The highest BCUT2D eigenvalue weighted by molar-refractivity contribution is 4.86. The SMILES string of the molecule is CC.CCC1CCN(C2CCC(NC)CC2)C1. The number of hydrogen-bond acceptors (Lipinski definition) is 2. The van der Waals surface area contributed by atoms with Crippen LogP contribution in [0.2, 0.25) is 0 Å². The third kappa shape index (κ3) is 4.26. The van der Waals surface area contributed by atoms with Crippen LogP contribution in [-0.2, 0) is 0 Å². The van der Waals surface area contributed by atoms with Gasteiger partial charge in [-0.3, -0.25) is 0 Å². The lowest BCUT2D eigenvalue weighted by atomic mass is 9.90. The number of rotatable bonds is 3. The first-order valence-electron chi connectivity index (χ1n) is 7.74. The molecule has 2 rings (SSSR count). The van der Waals surface area contributed by atoms with Crippen LogP contribution in [0.15, 0.2) is 0 Å². The summed E-state index contributed by atoms with van der Waals surface area (Å²) in [6, 6.07) is 1.71. The van der Waals surface area contributed by atoms with E-state index in [4.69, 9.17) is 0 Å². The zero-order valence-corrected chi connectivity index (χ0v) is 12.3. The number of nitrogens with zero attached hydrogens (tertiary/aromatic N) is 1. The van der Waals surface area contributed by atoms with Crippen LogP contribution in [0.1, 0.15) is 59.3 Å². The fraction of sp³-hybridized carbons (Fsp3) is 1.00. The van der Waals surface area contributed by atoms with Gasteiger partial charge < -0.3 is 10.2 Å². The van der Waals surface area contributed by atoms with E-state index in [1.165, 1.54) is 51.6 Å². The zero-order valence-electron chi connectivity index (χ0n) is 12.3. The molecule has 0 amide bonds. The van der Waals surface area contributed by atoms with Crippen molar-refractivity contribution in [2.75, 3.05) is 20.1 Å². The molecule has 0 spiro atoms. The summed E-state index contributed by atoms with van der Waals surface area (Å²) in [6.07, 6.45) is 8.43. The van der Waals surface area contributed by atoms with Gasteiger partial charge in [0.25, 0.3) is 0 Å². The molecule has 0 bridgehead atoms. The normalized spacial score (nSPS) is 34.2. The summed E-state index contributed by atoms with van der Waals surface area (Å²) in [5.74, 6) is 0.993. The highest BCUT2D eigenvalue weighted by Gasteiger charge is 2.29. The second kappa shape index (κ2) is 8.10. The van der Waals surface area contributed by atoms with Gasteiger partial charge >= 0.3 is 0 Å². The highest BCUT2D eigenvalue weighted by Crippen LogP contribution is 2.28. The summed E-state index contributed by atoms with van der Waals surface area (Å²) in [7, 11) is 2.11. The van der Waals surface area contributed by atoms with Crippen molar-refractivity contribution >= 4 is 0 Å². The second-order valence-corrected chi connectivity index (χ2v) is 5.35. The van der Waals surface area contributed by atoms with Gasteiger partial charge in [0.05, 0.1) is 0 Å². The van der Waals surface area contributed by atoms with E-state index in [0.29, 0.717) is 0 Å². The average Bonchev–Trinajstić information content (AvgIpc) is 2.90. The van der Waals surface area contributed by atoms with Crippen LogP contribution in [-0.4, -0.2) is 37.1 Å². The monoisotopic (exact) mass is 240 g/mol. The Morgan fingerprint density at radius 3 is 2.18 bits per heavy atom. The summed E-state index contributed by atoms with van der Waals surface area (Å²) in [5.41, 5.74) is 0. The van der Waals surface area contributed by atoms with Gasteiger partial charge in [-0.15, -0.1) is 0 Å². The fourth-order valence-corrected chi connectivity index (χ4v) is 3.26. The van der Waals surface area contributed by atoms with Crippen molar-refractivity contribution in [3.8, 4) is 0 Å². The van der Waals surface area contributed by atoms with Crippen molar-refractivity contribution in [1.29, 1.82) is 0 Å². The lowest BCUT2D eigenvalue weighted by molar-refractivity contribution is 0.170.